The van der Waals surface area contributed by atoms with Gasteiger partial charge in [-0.2, -0.15) is 0 Å². The zero-order valence-electron chi connectivity index (χ0n) is 11.3. The molecule has 0 atom stereocenters. The van der Waals surface area contributed by atoms with E-state index in [1.807, 2.05) is 12.1 Å². The van der Waals surface area contributed by atoms with E-state index >= 15 is 0 Å². The maximum atomic E-state index is 13.4. The molecule has 2 aromatic carbocycles. The summed E-state index contributed by atoms with van der Waals surface area (Å²) in [6.07, 6.45) is 1.08. The van der Waals surface area contributed by atoms with E-state index in [0.29, 0.717) is 5.75 Å². The van der Waals surface area contributed by atoms with Gasteiger partial charge >= 0.3 is 0 Å². The summed E-state index contributed by atoms with van der Waals surface area (Å²) in [5.74, 6) is -0.738. The molecule has 20 heavy (non-hydrogen) atoms. The van der Waals surface area contributed by atoms with Gasteiger partial charge in [0.1, 0.15) is 11.6 Å². The first kappa shape index (κ1) is 14.5. The van der Waals surface area contributed by atoms with Crippen molar-refractivity contribution in [1.82, 2.24) is 5.32 Å². The van der Waals surface area contributed by atoms with E-state index in [1.54, 1.807) is 12.1 Å². The fourth-order valence-electron chi connectivity index (χ4n) is 1.77. The zero-order valence-corrected chi connectivity index (χ0v) is 11.3. The quantitative estimate of drug-likeness (QED) is 0.797. The van der Waals surface area contributed by atoms with Gasteiger partial charge in [-0.1, -0.05) is 19.1 Å². The minimum atomic E-state index is -0.583. The van der Waals surface area contributed by atoms with Gasteiger partial charge in [-0.15, -0.1) is 0 Å². The molecule has 0 spiro atoms. The van der Waals surface area contributed by atoms with Crippen molar-refractivity contribution in [2.75, 3.05) is 6.54 Å². The zero-order chi connectivity index (χ0) is 14.4. The lowest BCUT2D eigenvalue weighted by Crippen LogP contribution is -2.13. The standard InChI is InChI=1S/C16H17F2NO/c1-2-9-19-11-12-3-6-14(7-4-12)20-16-10-13(17)5-8-15(16)18/h3-8,10,19H,2,9,11H2,1H3. The van der Waals surface area contributed by atoms with E-state index in [4.69, 9.17) is 4.74 Å². The predicted octanol–water partition coefficient (Wildman–Crippen LogP) is 4.26. The molecule has 4 heteroatoms. The van der Waals surface area contributed by atoms with Crippen molar-refractivity contribution >= 4 is 0 Å². The Morgan fingerprint density at radius 3 is 2.50 bits per heavy atom. The summed E-state index contributed by atoms with van der Waals surface area (Å²) in [5, 5.41) is 3.29. The van der Waals surface area contributed by atoms with Gasteiger partial charge in [0.15, 0.2) is 11.6 Å². The monoisotopic (exact) mass is 277 g/mol. The van der Waals surface area contributed by atoms with E-state index in [1.165, 1.54) is 0 Å². The van der Waals surface area contributed by atoms with Gasteiger partial charge in [0.2, 0.25) is 0 Å². The SMILES string of the molecule is CCCNCc1ccc(Oc2cc(F)ccc2F)cc1. The lowest BCUT2D eigenvalue weighted by atomic mass is 10.2. The largest absolute Gasteiger partial charge is 0.454 e. The van der Waals surface area contributed by atoms with E-state index in [0.717, 1.165) is 43.3 Å². The summed E-state index contributed by atoms with van der Waals surface area (Å²) in [6.45, 7) is 3.85. The van der Waals surface area contributed by atoms with Crippen molar-refractivity contribution in [2.24, 2.45) is 0 Å². The maximum Gasteiger partial charge on any atom is 0.165 e. The van der Waals surface area contributed by atoms with Gasteiger partial charge in [-0.3, -0.25) is 0 Å². The second kappa shape index (κ2) is 7.01. The first-order chi connectivity index (χ1) is 9.69. The van der Waals surface area contributed by atoms with Crippen molar-refractivity contribution in [3.05, 3.63) is 59.7 Å². The lowest BCUT2D eigenvalue weighted by Gasteiger charge is -2.08. The maximum absolute atomic E-state index is 13.4. The topological polar surface area (TPSA) is 21.3 Å². The van der Waals surface area contributed by atoms with Crippen LogP contribution in [0.5, 0.6) is 11.5 Å². The number of halogens is 2. The smallest absolute Gasteiger partial charge is 0.165 e. The predicted molar refractivity (Wildman–Crippen MR) is 74.9 cm³/mol. The van der Waals surface area contributed by atoms with Crippen LogP contribution < -0.4 is 10.1 Å². The van der Waals surface area contributed by atoms with Crippen LogP contribution in [0, 0.1) is 11.6 Å². The average Bonchev–Trinajstić information content (AvgIpc) is 2.45. The molecule has 1 N–H and O–H groups in total. The minimum Gasteiger partial charge on any atom is -0.454 e. The van der Waals surface area contributed by atoms with E-state index in [2.05, 4.69) is 12.2 Å². The fraction of sp³-hybridized carbons (Fsp3) is 0.250. The van der Waals surface area contributed by atoms with Crippen molar-refractivity contribution in [2.45, 2.75) is 19.9 Å². The Morgan fingerprint density at radius 1 is 1.05 bits per heavy atom. The normalized spacial score (nSPS) is 10.6. The molecule has 0 saturated carbocycles. The summed E-state index contributed by atoms with van der Waals surface area (Å²) >= 11 is 0. The van der Waals surface area contributed by atoms with Crippen molar-refractivity contribution in [3.63, 3.8) is 0 Å². The molecule has 0 aliphatic carbocycles. The third kappa shape index (κ3) is 4.03. The first-order valence-corrected chi connectivity index (χ1v) is 6.61. The fourth-order valence-corrected chi connectivity index (χ4v) is 1.77. The molecule has 0 fully saturated rings. The van der Waals surface area contributed by atoms with E-state index < -0.39 is 11.6 Å². The van der Waals surface area contributed by atoms with Gasteiger partial charge in [0.05, 0.1) is 0 Å². The molecule has 0 saturated heterocycles. The van der Waals surface area contributed by atoms with E-state index in [-0.39, 0.29) is 5.75 Å². The lowest BCUT2D eigenvalue weighted by molar-refractivity contribution is 0.436. The summed E-state index contributed by atoms with van der Waals surface area (Å²) < 4.78 is 31.8. The third-order valence-electron chi connectivity index (χ3n) is 2.80. The molecule has 106 valence electrons. The number of benzene rings is 2. The van der Waals surface area contributed by atoms with Crippen LogP contribution in [0.15, 0.2) is 42.5 Å². The molecular formula is C16H17F2NO. The van der Waals surface area contributed by atoms with Gasteiger partial charge in [0.25, 0.3) is 0 Å². The molecule has 0 unspecified atom stereocenters. The van der Waals surface area contributed by atoms with Crippen molar-refractivity contribution in [1.29, 1.82) is 0 Å². The Balaban J connectivity index is 2.01. The Bertz CT molecular complexity index is 555. The van der Waals surface area contributed by atoms with E-state index in [9.17, 15) is 8.78 Å². The molecule has 0 aliphatic rings. The Labute approximate surface area is 117 Å². The van der Waals surface area contributed by atoms with Gasteiger partial charge in [-0.05, 0) is 42.8 Å². The summed E-state index contributed by atoms with van der Waals surface area (Å²) in [6, 6.07) is 10.4. The highest BCUT2D eigenvalue weighted by molar-refractivity contribution is 5.34. The second-order valence-corrected chi connectivity index (χ2v) is 4.50. The molecule has 0 amide bonds. The Hall–Kier alpha value is -1.94. The van der Waals surface area contributed by atoms with Crippen LogP contribution in [0.3, 0.4) is 0 Å². The molecule has 0 bridgehead atoms. The number of hydrogen-bond acceptors (Lipinski definition) is 2. The minimum absolute atomic E-state index is 0.109. The highest BCUT2D eigenvalue weighted by Crippen LogP contribution is 2.25. The summed E-state index contributed by atoms with van der Waals surface area (Å²) in [4.78, 5) is 0. The second-order valence-electron chi connectivity index (χ2n) is 4.50. The molecule has 2 nitrogen and oxygen atoms in total. The van der Waals surface area contributed by atoms with Crippen LogP contribution in [0.4, 0.5) is 8.78 Å². The highest BCUT2D eigenvalue weighted by atomic mass is 19.1. The first-order valence-electron chi connectivity index (χ1n) is 6.61. The van der Waals surface area contributed by atoms with Crippen LogP contribution >= 0.6 is 0 Å². The van der Waals surface area contributed by atoms with Gasteiger partial charge < -0.3 is 10.1 Å². The Morgan fingerprint density at radius 2 is 1.80 bits per heavy atom. The molecule has 0 heterocycles. The van der Waals surface area contributed by atoms with Crippen LogP contribution in [-0.4, -0.2) is 6.54 Å². The van der Waals surface area contributed by atoms with Gasteiger partial charge in [0, 0.05) is 12.6 Å². The van der Waals surface area contributed by atoms with Crippen LogP contribution in [0.25, 0.3) is 0 Å². The van der Waals surface area contributed by atoms with Crippen molar-refractivity contribution in [3.8, 4) is 11.5 Å². The van der Waals surface area contributed by atoms with Gasteiger partial charge in [-0.25, -0.2) is 8.78 Å². The molecule has 2 rings (SSSR count). The van der Waals surface area contributed by atoms with Crippen LogP contribution in [0.1, 0.15) is 18.9 Å². The molecule has 2 aromatic rings. The molecule has 0 radical (unpaired) electrons. The van der Waals surface area contributed by atoms with Crippen LogP contribution in [-0.2, 0) is 6.54 Å². The van der Waals surface area contributed by atoms with Crippen molar-refractivity contribution < 1.29 is 13.5 Å². The number of ether oxygens (including phenoxy) is 1. The number of hydrogen-bond donors (Lipinski definition) is 1. The summed E-state index contributed by atoms with van der Waals surface area (Å²) in [5.41, 5.74) is 1.12. The molecule has 0 aromatic heterocycles. The number of rotatable bonds is 6. The highest BCUT2D eigenvalue weighted by Gasteiger charge is 2.06. The Kier molecular flexibility index (Phi) is 5.07. The average molecular weight is 277 g/mol. The molecular weight excluding hydrogens is 260 g/mol. The molecule has 0 aliphatic heterocycles. The third-order valence-corrected chi connectivity index (χ3v) is 2.80. The van der Waals surface area contributed by atoms with Crippen LogP contribution in [0.2, 0.25) is 0 Å². The summed E-state index contributed by atoms with van der Waals surface area (Å²) in [7, 11) is 0. The number of nitrogens with one attached hydrogen (secondary N) is 1.